The molecular weight excluding hydrogens is 330 g/mol. The van der Waals surface area contributed by atoms with E-state index < -0.39 is 12.7 Å². The molecule has 1 amide bonds. The summed E-state index contributed by atoms with van der Waals surface area (Å²) in [6.07, 6.45) is 1.35. The molecule has 1 unspecified atom stereocenters. The Morgan fingerprint density at radius 3 is 2.61 bits per heavy atom. The van der Waals surface area contributed by atoms with Gasteiger partial charge in [0, 0.05) is 12.1 Å². The first kappa shape index (κ1) is 21.4. The quantitative estimate of drug-likeness (QED) is 0.716. The van der Waals surface area contributed by atoms with Crippen LogP contribution in [0, 0.1) is 0 Å². The molecule has 0 aliphatic carbocycles. The monoisotopic (exact) mass is 352 g/mol. The molecule has 8 heteroatoms. The molecule has 0 heterocycles. The van der Waals surface area contributed by atoms with Crippen molar-refractivity contribution in [3.63, 3.8) is 0 Å². The number of rotatable bonds is 9. The van der Waals surface area contributed by atoms with E-state index in [0.29, 0.717) is 18.6 Å². The maximum atomic E-state index is 12.6. The van der Waals surface area contributed by atoms with Crippen molar-refractivity contribution >= 4 is 18.3 Å². The number of carbonyl (C=O) groups is 1. The molecule has 1 rings (SSSR count). The minimum atomic E-state index is -2.97. The fourth-order valence-electron chi connectivity index (χ4n) is 1.95. The molecule has 3 N–H and O–H groups in total. The van der Waals surface area contributed by atoms with Gasteiger partial charge in [-0.3, -0.25) is 4.79 Å². The number of benzene rings is 1. The summed E-state index contributed by atoms with van der Waals surface area (Å²) < 4.78 is 34.9. The lowest BCUT2D eigenvalue weighted by Gasteiger charge is -2.16. The van der Waals surface area contributed by atoms with Crippen LogP contribution in [0.25, 0.3) is 0 Å². The van der Waals surface area contributed by atoms with Gasteiger partial charge in [-0.2, -0.15) is 8.78 Å². The van der Waals surface area contributed by atoms with Gasteiger partial charge in [0.15, 0.2) is 11.5 Å². The predicted octanol–water partition coefficient (Wildman–Crippen LogP) is 2.85. The lowest BCUT2D eigenvalue weighted by molar-refractivity contribution is -0.122. The summed E-state index contributed by atoms with van der Waals surface area (Å²) in [6.45, 7) is 1.05. The topological polar surface area (TPSA) is 73.6 Å². The Morgan fingerprint density at radius 2 is 2.04 bits per heavy atom. The van der Waals surface area contributed by atoms with E-state index >= 15 is 0 Å². The Labute approximate surface area is 140 Å². The molecule has 0 aliphatic heterocycles. The van der Waals surface area contributed by atoms with Crippen molar-refractivity contribution in [2.45, 2.75) is 45.9 Å². The number of carbonyl (C=O) groups excluding carboxylic acids is 1. The van der Waals surface area contributed by atoms with Gasteiger partial charge in [-0.25, -0.2) is 0 Å². The number of amides is 1. The summed E-state index contributed by atoms with van der Waals surface area (Å²) in [7, 11) is 0. The van der Waals surface area contributed by atoms with E-state index in [1.54, 1.807) is 19.1 Å². The maximum Gasteiger partial charge on any atom is 0.387 e. The van der Waals surface area contributed by atoms with Gasteiger partial charge in [-0.1, -0.05) is 25.5 Å². The number of nitrogens with two attached hydrogens (primary N) is 1. The molecule has 0 saturated carbocycles. The molecule has 0 aliphatic rings. The van der Waals surface area contributed by atoms with Gasteiger partial charge in [0.05, 0.1) is 12.6 Å². The molecule has 0 saturated heterocycles. The average molecular weight is 353 g/mol. The van der Waals surface area contributed by atoms with E-state index in [0.717, 1.165) is 6.42 Å². The lowest BCUT2D eigenvalue weighted by Crippen LogP contribution is -2.40. The molecule has 1 aromatic carbocycles. The molecule has 5 nitrogen and oxygen atoms in total. The summed E-state index contributed by atoms with van der Waals surface area (Å²) in [5.74, 6) is -0.178. The maximum absolute atomic E-state index is 12.6. The first-order chi connectivity index (χ1) is 10.5. The number of para-hydroxylation sites is 1. The van der Waals surface area contributed by atoms with Crippen LogP contribution >= 0.6 is 12.4 Å². The van der Waals surface area contributed by atoms with Gasteiger partial charge in [0.1, 0.15) is 0 Å². The Kier molecular flexibility index (Phi) is 10.2. The fourth-order valence-corrected chi connectivity index (χ4v) is 1.95. The average Bonchev–Trinajstić information content (AvgIpc) is 2.47. The van der Waals surface area contributed by atoms with Gasteiger partial charge in [0.2, 0.25) is 5.91 Å². The van der Waals surface area contributed by atoms with Gasteiger partial charge >= 0.3 is 6.61 Å². The third-order valence-corrected chi connectivity index (χ3v) is 2.96. The van der Waals surface area contributed by atoms with Crippen LogP contribution in [-0.4, -0.2) is 25.2 Å². The van der Waals surface area contributed by atoms with Crippen molar-refractivity contribution in [2.75, 3.05) is 6.61 Å². The van der Waals surface area contributed by atoms with Crippen LogP contribution in [0.4, 0.5) is 8.78 Å². The minimum absolute atomic E-state index is 0. The first-order valence-corrected chi connectivity index (χ1v) is 7.22. The van der Waals surface area contributed by atoms with Crippen LogP contribution in [0.2, 0.25) is 0 Å². The van der Waals surface area contributed by atoms with Crippen molar-refractivity contribution in [1.82, 2.24) is 5.32 Å². The first-order valence-electron chi connectivity index (χ1n) is 7.22. The Hall–Kier alpha value is -1.60. The SMILES string of the molecule is CCCC(N)C(=O)NCc1cccc(OCC)c1OC(F)F.Cl. The largest absolute Gasteiger partial charge is 0.490 e. The van der Waals surface area contributed by atoms with Gasteiger partial charge in [-0.15, -0.1) is 12.4 Å². The lowest BCUT2D eigenvalue weighted by atomic mass is 10.1. The van der Waals surface area contributed by atoms with Crippen molar-refractivity contribution in [3.05, 3.63) is 23.8 Å². The second-order valence-electron chi connectivity index (χ2n) is 4.67. The van der Waals surface area contributed by atoms with E-state index in [9.17, 15) is 13.6 Å². The highest BCUT2D eigenvalue weighted by Crippen LogP contribution is 2.32. The van der Waals surface area contributed by atoms with Crippen LogP contribution < -0.4 is 20.5 Å². The Morgan fingerprint density at radius 1 is 1.35 bits per heavy atom. The normalized spacial score (nSPS) is 11.6. The third-order valence-electron chi connectivity index (χ3n) is 2.96. The number of hydrogen-bond donors (Lipinski definition) is 2. The molecule has 23 heavy (non-hydrogen) atoms. The van der Waals surface area contributed by atoms with Crippen LogP contribution in [0.15, 0.2) is 18.2 Å². The molecular formula is C15H23ClF2N2O3. The second kappa shape index (κ2) is 11.0. The molecule has 0 spiro atoms. The van der Waals surface area contributed by atoms with E-state index in [1.807, 2.05) is 6.92 Å². The summed E-state index contributed by atoms with van der Waals surface area (Å²) in [5.41, 5.74) is 6.11. The zero-order valence-electron chi connectivity index (χ0n) is 13.2. The van der Waals surface area contributed by atoms with E-state index in [1.165, 1.54) is 6.07 Å². The predicted molar refractivity (Wildman–Crippen MR) is 86.2 cm³/mol. The van der Waals surface area contributed by atoms with Crippen molar-refractivity contribution < 1.29 is 23.0 Å². The van der Waals surface area contributed by atoms with E-state index in [-0.39, 0.29) is 36.4 Å². The smallest absolute Gasteiger partial charge is 0.387 e. The highest BCUT2D eigenvalue weighted by molar-refractivity contribution is 5.85. The number of nitrogens with one attached hydrogen (secondary N) is 1. The van der Waals surface area contributed by atoms with Gasteiger partial charge in [-0.05, 0) is 19.4 Å². The van der Waals surface area contributed by atoms with Crippen LogP contribution in [-0.2, 0) is 11.3 Å². The zero-order valence-corrected chi connectivity index (χ0v) is 14.0. The second-order valence-corrected chi connectivity index (χ2v) is 4.67. The van der Waals surface area contributed by atoms with Crippen LogP contribution in [0.5, 0.6) is 11.5 Å². The molecule has 0 aromatic heterocycles. The number of hydrogen-bond acceptors (Lipinski definition) is 4. The summed E-state index contributed by atoms with van der Waals surface area (Å²) >= 11 is 0. The summed E-state index contributed by atoms with van der Waals surface area (Å²) in [5, 5.41) is 2.62. The number of ether oxygens (including phenoxy) is 2. The van der Waals surface area contributed by atoms with E-state index in [2.05, 4.69) is 10.1 Å². The highest BCUT2D eigenvalue weighted by atomic mass is 35.5. The summed E-state index contributed by atoms with van der Waals surface area (Å²) in [4.78, 5) is 11.8. The molecule has 0 bridgehead atoms. The Bertz CT molecular complexity index is 490. The molecule has 0 radical (unpaired) electrons. The van der Waals surface area contributed by atoms with Gasteiger partial charge in [0.25, 0.3) is 0 Å². The number of alkyl halides is 2. The minimum Gasteiger partial charge on any atom is -0.490 e. The zero-order chi connectivity index (χ0) is 16.5. The van der Waals surface area contributed by atoms with Crippen molar-refractivity contribution in [3.8, 4) is 11.5 Å². The van der Waals surface area contributed by atoms with Crippen LogP contribution in [0.3, 0.4) is 0 Å². The molecule has 0 fully saturated rings. The molecule has 1 aromatic rings. The fraction of sp³-hybridized carbons (Fsp3) is 0.533. The molecule has 1 atom stereocenters. The standard InChI is InChI=1S/C15H22F2N2O3.ClH/c1-3-6-11(18)14(20)19-9-10-7-5-8-12(21-4-2)13(10)22-15(16)17;/h5,7-8,11,15H,3-4,6,9,18H2,1-2H3,(H,19,20);1H. The third kappa shape index (κ3) is 7.00. The Balaban J connectivity index is 0.00000484. The molecule has 132 valence electrons. The van der Waals surface area contributed by atoms with E-state index in [4.69, 9.17) is 10.5 Å². The van der Waals surface area contributed by atoms with Gasteiger partial charge < -0.3 is 20.5 Å². The summed E-state index contributed by atoms with van der Waals surface area (Å²) in [6, 6.07) is 4.16. The highest BCUT2D eigenvalue weighted by Gasteiger charge is 2.17. The van der Waals surface area contributed by atoms with Crippen LogP contribution in [0.1, 0.15) is 32.3 Å². The number of halogens is 3. The van der Waals surface area contributed by atoms with Crippen molar-refractivity contribution in [2.24, 2.45) is 5.73 Å². The van der Waals surface area contributed by atoms with Crippen molar-refractivity contribution in [1.29, 1.82) is 0 Å².